The third-order valence-corrected chi connectivity index (χ3v) is 10.5. The van der Waals surface area contributed by atoms with Crippen molar-refractivity contribution in [3.8, 4) is 0 Å². The number of carboxylic acid groups (broad SMARTS) is 1. The molecule has 3 aliphatic heterocycles. The van der Waals surface area contributed by atoms with E-state index in [0.29, 0.717) is 32.2 Å². The maximum atomic E-state index is 14.7. The monoisotopic (exact) mass is 657 g/mol. The average Bonchev–Trinajstić information content (AvgIpc) is 3.70. The van der Waals surface area contributed by atoms with E-state index >= 15 is 0 Å². The Bertz CT molecular complexity index is 1650. The lowest BCUT2D eigenvalue weighted by molar-refractivity contribution is -0.152. The molecule has 3 saturated heterocycles. The molecule has 6 rings (SSSR count). The van der Waals surface area contributed by atoms with Crippen LogP contribution in [0.15, 0.2) is 48.7 Å². The molecule has 0 bridgehead atoms. The van der Waals surface area contributed by atoms with Crippen molar-refractivity contribution in [2.75, 3.05) is 33.2 Å². The van der Waals surface area contributed by atoms with Crippen LogP contribution < -0.4 is 10.6 Å². The van der Waals surface area contributed by atoms with Gasteiger partial charge in [-0.25, -0.2) is 4.79 Å². The van der Waals surface area contributed by atoms with Crippen LogP contribution in [0, 0.1) is 18.8 Å². The van der Waals surface area contributed by atoms with Crippen LogP contribution in [0.1, 0.15) is 48.8 Å². The molecule has 4 heterocycles. The van der Waals surface area contributed by atoms with Crippen molar-refractivity contribution in [1.29, 1.82) is 0 Å². The first-order valence-electron chi connectivity index (χ1n) is 17.1. The molecule has 0 unspecified atom stereocenters. The quantitative estimate of drug-likeness (QED) is 0.339. The minimum Gasteiger partial charge on any atom is -0.465 e. The number of nitrogens with one attached hydrogen (secondary N) is 2. The van der Waals surface area contributed by atoms with Crippen molar-refractivity contribution in [2.45, 2.75) is 70.1 Å². The van der Waals surface area contributed by atoms with E-state index in [0.717, 1.165) is 58.4 Å². The number of carbonyl (C=O) groups excluding carboxylic acids is 3. The zero-order valence-electron chi connectivity index (χ0n) is 28.1. The van der Waals surface area contributed by atoms with Gasteiger partial charge in [0, 0.05) is 45.2 Å². The zero-order chi connectivity index (χ0) is 33.9. The molecule has 12 heteroatoms. The Hall–Kier alpha value is -4.45. The average molecular weight is 658 g/mol. The van der Waals surface area contributed by atoms with E-state index in [-0.39, 0.29) is 36.9 Å². The molecule has 2 aromatic carbocycles. The number of hydrogen-bond donors (Lipinski definition) is 3. The van der Waals surface area contributed by atoms with E-state index < -0.39 is 30.0 Å². The van der Waals surface area contributed by atoms with Gasteiger partial charge >= 0.3 is 6.09 Å². The van der Waals surface area contributed by atoms with Gasteiger partial charge < -0.3 is 25.5 Å². The molecule has 3 N–H and O–H groups in total. The minimum absolute atomic E-state index is 0.00687. The third-order valence-electron chi connectivity index (χ3n) is 10.5. The van der Waals surface area contributed by atoms with Crippen LogP contribution in [0.4, 0.5) is 4.79 Å². The number of nitrogens with zero attached hydrogens (tertiary/aromatic N) is 5. The van der Waals surface area contributed by atoms with E-state index in [1.54, 1.807) is 27.7 Å². The Labute approximate surface area is 281 Å². The number of aromatic nitrogens is 2. The number of likely N-dealkylation sites (tertiary alicyclic amines) is 2. The maximum Gasteiger partial charge on any atom is 0.408 e. The smallest absolute Gasteiger partial charge is 0.408 e. The second kappa shape index (κ2) is 14.3. The lowest BCUT2D eigenvalue weighted by atomic mass is 9.86. The van der Waals surface area contributed by atoms with Gasteiger partial charge in [-0.1, -0.05) is 35.9 Å². The van der Waals surface area contributed by atoms with Crippen molar-refractivity contribution in [3.05, 3.63) is 65.4 Å². The second-order valence-corrected chi connectivity index (χ2v) is 13.8. The van der Waals surface area contributed by atoms with Crippen LogP contribution in [0.2, 0.25) is 0 Å². The fourth-order valence-electron chi connectivity index (χ4n) is 7.83. The predicted octanol–water partition coefficient (Wildman–Crippen LogP) is 2.93. The summed E-state index contributed by atoms with van der Waals surface area (Å²) in [4.78, 5) is 59.6. The largest absolute Gasteiger partial charge is 0.465 e. The van der Waals surface area contributed by atoms with Crippen LogP contribution in [0.5, 0.6) is 0 Å². The van der Waals surface area contributed by atoms with Crippen LogP contribution in [0.25, 0.3) is 10.9 Å². The lowest BCUT2D eigenvalue weighted by Gasteiger charge is -2.43. The SMILES string of the molecule is Cc1ccc(C[C@@H]2C[C@@H](C(=O)NCc3ccc4c(cnn4C)c3)N(C(=O)[C@H]3[C@@H](C(=O)N(C)C4CCNCC4)CCCN3C(=O)O)C2)cc1. The summed E-state index contributed by atoms with van der Waals surface area (Å²) in [5.74, 6) is -1.76. The molecular formula is C36H47N7O5. The van der Waals surface area contributed by atoms with Crippen molar-refractivity contribution >= 4 is 34.7 Å². The van der Waals surface area contributed by atoms with Gasteiger partial charge in [0.2, 0.25) is 17.7 Å². The number of hydrogen-bond acceptors (Lipinski definition) is 6. The summed E-state index contributed by atoms with van der Waals surface area (Å²) in [6.45, 7) is 4.39. The van der Waals surface area contributed by atoms with Gasteiger partial charge in [-0.2, -0.15) is 5.10 Å². The highest BCUT2D eigenvalue weighted by atomic mass is 16.4. The minimum atomic E-state index is -1.22. The van der Waals surface area contributed by atoms with Gasteiger partial charge in [0.15, 0.2) is 0 Å². The normalized spacial score (nSPS) is 23.3. The predicted molar refractivity (Wildman–Crippen MR) is 181 cm³/mol. The molecular weight excluding hydrogens is 610 g/mol. The number of carbonyl (C=O) groups is 4. The first kappa shape index (κ1) is 33.5. The molecule has 1 aromatic heterocycles. The summed E-state index contributed by atoms with van der Waals surface area (Å²) in [5, 5.41) is 21.9. The highest BCUT2D eigenvalue weighted by Gasteiger charge is 2.50. The van der Waals surface area contributed by atoms with Gasteiger partial charge in [0.25, 0.3) is 0 Å². The van der Waals surface area contributed by atoms with Crippen molar-refractivity contribution < 1.29 is 24.3 Å². The van der Waals surface area contributed by atoms with Crippen molar-refractivity contribution in [2.24, 2.45) is 18.9 Å². The highest BCUT2D eigenvalue weighted by molar-refractivity contribution is 5.96. The van der Waals surface area contributed by atoms with Crippen LogP contribution in [0.3, 0.4) is 0 Å². The standard InChI is InChI=1S/C36H47N7O5/c1-23-6-8-24(9-7-23)17-26-19-31(33(44)38-20-25-10-11-30-27(18-25)21-39-41(30)3)43(22-26)35(46)32-29(5-4-16-42(32)36(47)48)34(45)40(2)28-12-14-37-15-13-28/h6-11,18,21,26,28-29,31-32,37H,4-5,12-17,19-20,22H2,1-3H3,(H,38,44)(H,47,48)/t26-,29+,31+,32-/m1/s1. The lowest BCUT2D eigenvalue weighted by Crippen LogP contribution is -2.62. The number of rotatable bonds is 8. The molecule has 0 radical (unpaired) electrons. The fraction of sp³-hybridized carbons (Fsp3) is 0.528. The fourth-order valence-corrected chi connectivity index (χ4v) is 7.83. The Morgan fingerprint density at radius 2 is 1.75 bits per heavy atom. The molecule has 3 aromatic rings. The number of amides is 4. The van der Waals surface area contributed by atoms with E-state index in [2.05, 4.69) is 40.0 Å². The van der Waals surface area contributed by atoms with E-state index in [9.17, 15) is 24.3 Å². The molecule has 0 spiro atoms. The number of benzene rings is 2. The molecule has 4 atom stereocenters. The summed E-state index contributed by atoms with van der Waals surface area (Å²) < 4.78 is 1.79. The second-order valence-electron chi connectivity index (χ2n) is 13.8. The summed E-state index contributed by atoms with van der Waals surface area (Å²) in [6.07, 6.45) is 4.21. The summed E-state index contributed by atoms with van der Waals surface area (Å²) in [6, 6.07) is 12.2. The number of piperidine rings is 2. The Morgan fingerprint density at radius 1 is 1.02 bits per heavy atom. The number of fused-ring (bicyclic) bond motifs is 1. The van der Waals surface area contributed by atoms with Gasteiger partial charge in [-0.15, -0.1) is 0 Å². The molecule has 0 saturated carbocycles. The van der Waals surface area contributed by atoms with E-state index in [1.165, 1.54) is 0 Å². The summed E-state index contributed by atoms with van der Waals surface area (Å²) >= 11 is 0. The van der Waals surface area contributed by atoms with Crippen LogP contribution in [-0.2, 0) is 34.4 Å². The molecule has 48 heavy (non-hydrogen) atoms. The first-order valence-corrected chi connectivity index (χ1v) is 17.1. The number of aryl methyl sites for hydroxylation is 2. The molecule has 3 aliphatic rings. The van der Waals surface area contributed by atoms with Crippen LogP contribution >= 0.6 is 0 Å². The van der Waals surface area contributed by atoms with Crippen LogP contribution in [-0.4, -0.2) is 105 Å². The molecule has 0 aliphatic carbocycles. The van der Waals surface area contributed by atoms with Crippen molar-refractivity contribution in [1.82, 2.24) is 35.1 Å². The zero-order valence-corrected chi connectivity index (χ0v) is 28.1. The van der Waals surface area contributed by atoms with E-state index in [4.69, 9.17) is 0 Å². The van der Waals surface area contributed by atoms with Gasteiger partial charge in [0.05, 0.1) is 17.6 Å². The van der Waals surface area contributed by atoms with Gasteiger partial charge in [0.1, 0.15) is 12.1 Å². The summed E-state index contributed by atoms with van der Waals surface area (Å²) in [7, 11) is 3.65. The molecule has 4 amide bonds. The first-order chi connectivity index (χ1) is 23.1. The summed E-state index contributed by atoms with van der Waals surface area (Å²) in [5.41, 5.74) is 4.17. The molecule has 12 nitrogen and oxygen atoms in total. The van der Waals surface area contributed by atoms with Gasteiger partial charge in [-0.3, -0.25) is 24.0 Å². The Balaban J connectivity index is 1.25. The van der Waals surface area contributed by atoms with E-state index in [1.807, 2.05) is 32.2 Å². The topological polar surface area (TPSA) is 140 Å². The van der Waals surface area contributed by atoms with Crippen molar-refractivity contribution in [3.63, 3.8) is 0 Å². The molecule has 3 fully saturated rings. The Morgan fingerprint density at radius 3 is 2.48 bits per heavy atom. The third kappa shape index (κ3) is 7.03. The van der Waals surface area contributed by atoms with Gasteiger partial charge in [-0.05, 0) is 87.7 Å². The Kier molecular flexibility index (Phi) is 10.00. The maximum absolute atomic E-state index is 14.7. The molecule has 256 valence electrons. The highest BCUT2D eigenvalue weighted by Crippen LogP contribution is 2.33.